The summed E-state index contributed by atoms with van der Waals surface area (Å²) in [6.45, 7) is 1.92. The van der Waals surface area contributed by atoms with Crippen molar-refractivity contribution < 1.29 is 19.1 Å². The second-order valence-corrected chi connectivity index (χ2v) is 6.28. The number of benzene rings is 2. The number of aldehydes is 1. The molecule has 0 saturated heterocycles. The van der Waals surface area contributed by atoms with Gasteiger partial charge in [-0.25, -0.2) is 9.78 Å². The van der Waals surface area contributed by atoms with E-state index < -0.39 is 5.97 Å². The van der Waals surface area contributed by atoms with Crippen LogP contribution in [0.1, 0.15) is 26.5 Å². The van der Waals surface area contributed by atoms with Gasteiger partial charge < -0.3 is 9.52 Å². The first-order chi connectivity index (χ1) is 13.0. The summed E-state index contributed by atoms with van der Waals surface area (Å²) in [7, 11) is 0. The highest BCUT2D eigenvalue weighted by molar-refractivity contribution is 6.04. The van der Waals surface area contributed by atoms with E-state index in [-0.39, 0.29) is 11.3 Å². The summed E-state index contributed by atoms with van der Waals surface area (Å²) in [4.78, 5) is 27.2. The van der Waals surface area contributed by atoms with Crippen LogP contribution in [0.15, 0.2) is 65.1 Å². The standard InChI is InChI=1S/C22H15NO4/c1-13-5-7-19-17(9-13)18(22(25)26)11-20(23-19)14-3-2-4-15(10-14)21-8-6-16(12-24)27-21/h2-12H,1H3,(H,25,26). The lowest BCUT2D eigenvalue weighted by Gasteiger charge is -2.09. The Morgan fingerprint density at radius 1 is 1.04 bits per heavy atom. The Hall–Kier alpha value is -3.73. The highest BCUT2D eigenvalue weighted by Crippen LogP contribution is 2.29. The Morgan fingerprint density at radius 3 is 2.59 bits per heavy atom. The molecule has 0 aliphatic carbocycles. The number of carbonyl (C=O) groups is 2. The predicted molar refractivity (Wildman–Crippen MR) is 102 cm³/mol. The molecule has 0 spiro atoms. The summed E-state index contributed by atoms with van der Waals surface area (Å²) in [6.07, 6.45) is 0.652. The number of aromatic nitrogens is 1. The molecular weight excluding hydrogens is 342 g/mol. The molecule has 0 fully saturated rings. The van der Waals surface area contributed by atoms with Crippen LogP contribution >= 0.6 is 0 Å². The van der Waals surface area contributed by atoms with Gasteiger partial charge in [-0.1, -0.05) is 29.8 Å². The fourth-order valence-electron chi connectivity index (χ4n) is 3.07. The van der Waals surface area contributed by atoms with E-state index in [1.807, 2.05) is 49.4 Å². The van der Waals surface area contributed by atoms with E-state index in [0.717, 1.165) is 16.7 Å². The molecule has 2 aromatic heterocycles. The summed E-state index contributed by atoms with van der Waals surface area (Å²) < 4.78 is 5.47. The second kappa shape index (κ2) is 6.53. The Balaban J connectivity index is 1.87. The number of aryl methyl sites for hydroxylation is 1. The Labute approximate surface area is 154 Å². The minimum Gasteiger partial charge on any atom is -0.478 e. The summed E-state index contributed by atoms with van der Waals surface area (Å²) in [5, 5.41) is 10.2. The average molecular weight is 357 g/mol. The van der Waals surface area contributed by atoms with Crippen LogP contribution in [0.2, 0.25) is 0 Å². The van der Waals surface area contributed by atoms with Gasteiger partial charge in [0, 0.05) is 16.5 Å². The maximum absolute atomic E-state index is 11.8. The van der Waals surface area contributed by atoms with Gasteiger partial charge >= 0.3 is 5.97 Å². The summed E-state index contributed by atoms with van der Waals surface area (Å²) in [5.41, 5.74) is 3.93. The van der Waals surface area contributed by atoms with E-state index in [2.05, 4.69) is 4.98 Å². The van der Waals surface area contributed by atoms with E-state index in [1.54, 1.807) is 18.2 Å². The van der Waals surface area contributed by atoms with Gasteiger partial charge in [-0.2, -0.15) is 0 Å². The zero-order valence-electron chi connectivity index (χ0n) is 14.5. The molecule has 1 N–H and O–H groups in total. The van der Waals surface area contributed by atoms with Gasteiger partial charge in [0.25, 0.3) is 0 Å². The molecule has 2 aromatic carbocycles. The van der Waals surface area contributed by atoms with Gasteiger partial charge in [-0.05, 0) is 43.3 Å². The molecule has 132 valence electrons. The largest absolute Gasteiger partial charge is 0.478 e. The van der Waals surface area contributed by atoms with Crippen LogP contribution in [0.5, 0.6) is 0 Å². The number of fused-ring (bicyclic) bond motifs is 1. The lowest BCUT2D eigenvalue weighted by Crippen LogP contribution is -2.00. The highest BCUT2D eigenvalue weighted by Gasteiger charge is 2.14. The van der Waals surface area contributed by atoms with E-state index >= 15 is 0 Å². The van der Waals surface area contributed by atoms with Crippen molar-refractivity contribution >= 4 is 23.2 Å². The summed E-state index contributed by atoms with van der Waals surface area (Å²) >= 11 is 0. The van der Waals surface area contributed by atoms with Gasteiger partial charge in [0.2, 0.25) is 0 Å². The van der Waals surface area contributed by atoms with Crippen LogP contribution in [-0.4, -0.2) is 22.3 Å². The van der Waals surface area contributed by atoms with Crippen LogP contribution in [-0.2, 0) is 0 Å². The van der Waals surface area contributed by atoms with Crippen LogP contribution in [0.3, 0.4) is 0 Å². The van der Waals surface area contributed by atoms with Gasteiger partial charge in [-0.15, -0.1) is 0 Å². The minimum atomic E-state index is -0.993. The second-order valence-electron chi connectivity index (χ2n) is 6.28. The van der Waals surface area contributed by atoms with Crippen molar-refractivity contribution in [1.29, 1.82) is 0 Å². The molecule has 0 bridgehead atoms. The molecule has 5 heteroatoms. The average Bonchev–Trinajstić information content (AvgIpc) is 3.16. The van der Waals surface area contributed by atoms with Crippen LogP contribution in [0.25, 0.3) is 33.5 Å². The number of furan rings is 1. The van der Waals surface area contributed by atoms with Crippen molar-refractivity contribution in [3.05, 3.63) is 77.6 Å². The fraction of sp³-hybridized carbons (Fsp3) is 0.0455. The lowest BCUT2D eigenvalue weighted by atomic mass is 10.0. The van der Waals surface area contributed by atoms with Crippen molar-refractivity contribution in [2.75, 3.05) is 0 Å². The third-order valence-corrected chi connectivity index (χ3v) is 4.38. The monoisotopic (exact) mass is 357 g/mol. The van der Waals surface area contributed by atoms with E-state index in [9.17, 15) is 14.7 Å². The quantitative estimate of drug-likeness (QED) is 0.521. The molecule has 0 aliphatic rings. The van der Waals surface area contributed by atoms with E-state index in [0.29, 0.717) is 28.6 Å². The molecule has 0 saturated carbocycles. The minimum absolute atomic E-state index is 0.213. The maximum atomic E-state index is 11.8. The zero-order valence-corrected chi connectivity index (χ0v) is 14.5. The summed E-state index contributed by atoms with van der Waals surface area (Å²) in [6, 6.07) is 17.9. The van der Waals surface area contributed by atoms with Crippen molar-refractivity contribution in [1.82, 2.24) is 4.98 Å². The highest BCUT2D eigenvalue weighted by atomic mass is 16.4. The number of aromatic carboxylic acids is 1. The lowest BCUT2D eigenvalue weighted by molar-refractivity contribution is 0.0699. The number of carboxylic acids is 1. The molecule has 2 heterocycles. The Morgan fingerprint density at radius 2 is 1.85 bits per heavy atom. The van der Waals surface area contributed by atoms with Gasteiger partial charge in [0.1, 0.15) is 5.76 Å². The van der Waals surface area contributed by atoms with Crippen molar-refractivity contribution in [3.63, 3.8) is 0 Å². The molecule has 27 heavy (non-hydrogen) atoms. The first-order valence-electron chi connectivity index (χ1n) is 8.36. The number of rotatable bonds is 4. The smallest absolute Gasteiger partial charge is 0.336 e. The molecule has 0 radical (unpaired) electrons. The van der Waals surface area contributed by atoms with Crippen LogP contribution < -0.4 is 0 Å². The third kappa shape index (κ3) is 3.11. The topological polar surface area (TPSA) is 80.4 Å². The number of hydrogen-bond acceptors (Lipinski definition) is 4. The van der Waals surface area contributed by atoms with E-state index in [4.69, 9.17) is 4.42 Å². The summed E-state index contributed by atoms with van der Waals surface area (Å²) in [5.74, 6) is -0.177. The van der Waals surface area contributed by atoms with Crippen LogP contribution in [0.4, 0.5) is 0 Å². The third-order valence-electron chi connectivity index (χ3n) is 4.38. The maximum Gasteiger partial charge on any atom is 0.336 e. The normalized spacial score (nSPS) is 10.9. The molecule has 5 nitrogen and oxygen atoms in total. The van der Waals surface area contributed by atoms with Gasteiger partial charge in [-0.3, -0.25) is 4.79 Å². The Bertz CT molecular complexity index is 1190. The predicted octanol–water partition coefficient (Wildman–Crippen LogP) is 4.98. The number of pyridine rings is 1. The number of nitrogens with zero attached hydrogens (tertiary/aromatic N) is 1. The molecule has 0 unspecified atom stereocenters. The molecule has 0 atom stereocenters. The van der Waals surface area contributed by atoms with Crippen molar-refractivity contribution in [2.45, 2.75) is 6.92 Å². The SMILES string of the molecule is Cc1ccc2nc(-c3cccc(-c4ccc(C=O)o4)c3)cc(C(=O)O)c2c1. The molecule has 4 rings (SSSR count). The molecule has 4 aromatic rings. The zero-order chi connectivity index (χ0) is 19.0. The van der Waals surface area contributed by atoms with Crippen LogP contribution in [0, 0.1) is 6.92 Å². The van der Waals surface area contributed by atoms with Gasteiger partial charge in [0.05, 0.1) is 16.8 Å². The van der Waals surface area contributed by atoms with Gasteiger partial charge in [0.15, 0.2) is 12.0 Å². The molecule has 0 aliphatic heterocycles. The molecule has 0 amide bonds. The fourth-order valence-corrected chi connectivity index (χ4v) is 3.07. The Kier molecular flexibility index (Phi) is 4.05. The number of carboxylic acid groups (broad SMARTS) is 1. The number of hydrogen-bond donors (Lipinski definition) is 1. The first kappa shape index (κ1) is 16.7. The molecular formula is C22H15NO4. The van der Waals surface area contributed by atoms with Crippen molar-refractivity contribution in [3.8, 4) is 22.6 Å². The van der Waals surface area contributed by atoms with Crippen molar-refractivity contribution in [2.24, 2.45) is 0 Å². The first-order valence-corrected chi connectivity index (χ1v) is 8.36. The van der Waals surface area contributed by atoms with E-state index in [1.165, 1.54) is 0 Å². The number of carbonyl (C=O) groups excluding carboxylic acids is 1.